The second-order valence-electron chi connectivity index (χ2n) is 4.85. The molecule has 1 aromatic heterocycles. The van der Waals surface area contributed by atoms with E-state index in [9.17, 15) is 14.0 Å². The molecule has 8 heteroatoms. The number of carbonyl (C=O) groups excluding carboxylic acids is 2. The second-order valence-corrected chi connectivity index (χ2v) is 5.79. The van der Waals surface area contributed by atoms with Crippen molar-refractivity contribution >= 4 is 23.2 Å². The summed E-state index contributed by atoms with van der Waals surface area (Å²) in [7, 11) is 2.81. The Morgan fingerprint density at radius 2 is 2.12 bits per heavy atom. The number of methoxy groups -OCH3 is 2. The molecule has 2 rings (SSSR count). The maximum Gasteiger partial charge on any atom is 0.357 e. The number of thiazole rings is 1. The summed E-state index contributed by atoms with van der Waals surface area (Å²) < 4.78 is 23.0. The molecule has 0 atom stereocenters. The van der Waals surface area contributed by atoms with Crippen LogP contribution in [0.1, 0.15) is 25.9 Å². The number of halogens is 1. The lowest BCUT2D eigenvalue weighted by Gasteiger charge is -2.21. The SMILES string of the molecule is COCCN(Cc1nc(C(=O)OC)cs1)C(=O)c1cccc(F)c1. The number of hydrogen-bond acceptors (Lipinski definition) is 6. The molecule has 0 aliphatic rings. The quantitative estimate of drug-likeness (QED) is 0.716. The Balaban J connectivity index is 2.17. The van der Waals surface area contributed by atoms with E-state index in [1.165, 1.54) is 48.7 Å². The molecule has 6 nitrogen and oxygen atoms in total. The van der Waals surface area contributed by atoms with Crippen molar-refractivity contribution in [1.82, 2.24) is 9.88 Å². The Morgan fingerprint density at radius 3 is 2.79 bits per heavy atom. The summed E-state index contributed by atoms with van der Waals surface area (Å²) in [5, 5.41) is 2.15. The van der Waals surface area contributed by atoms with Gasteiger partial charge in [-0.1, -0.05) is 6.07 Å². The second kappa shape index (κ2) is 8.51. The van der Waals surface area contributed by atoms with Gasteiger partial charge in [0.25, 0.3) is 5.91 Å². The Kier molecular flexibility index (Phi) is 6.39. The van der Waals surface area contributed by atoms with E-state index >= 15 is 0 Å². The molecule has 0 fully saturated rings. The van der Waals surface area contributed by atoms with E-state index in [0.29, 0.717) is 18.2 Å². The fourth-order valence-corrected chi connectivity index (χ4v) is 2.78. The lowest BCUT2D eigenvalue weighted by Crippen LogP contribution is -2.33. The summed E-state index contributed by atoms with van der Waals surface area (Å²) in [6.45, 7) is 0.843. The zero-order valence-electron chi connectivity index (χ0n) is 13.3. The molecule has 0 saturated heterocycles. The van der Waals surface area contributed by atoms with Crippen molar-refractivity contribution < 1.29 is 23.5 Å². The minimum atomic E-state index is -0.530. The van der Waals surface area contributed by atoms with Crippen LogP contribution in [0.5, 0.6) is 0 Å². The Bertz CT molecular complexity index is 720. The van der Waals surface area contributed by atoms with E-state index in [-0.39, 0.29) is 23.7 Å². The summed E-state index contributed by atoms with van der Waals surface area (Å²) in [6, 6.07) is 5.49. The molecule has 0 aliphatic carbocycles. The molecule has 0 saturated carbocycles. The van der Waals surface area contributed by atoms with Crippen LogP contribution in [0.2, 0.25) is 0 Å². The lowest BCUT2D eigenvalue weighted by atomic mass is 10.2. The number of aromatic nitrogens is 1. The van der Waals surface area contributed by atoms with Gasteiger partial charge in [-0.25, -0.2) is 14.2 Å². The highest BCUT2D eigenvalue weighted by molar-refractivity contribution is 7.09. The van der Waals surface area contributed by atoms with Gasteiger partial charge in [-0.05, 0) is 18.2 Å². The molecule has 128 valence electrons. The number of amides is 1. The normalized spacial score (nSPS) is 10.5. The third kappa shape index (κ3) is 4.59. The summed E-state index contributed by atoms with van der Waals surface area (Å²) in [6.07, 6.45) is 0. The summed E-state index contributed by atoms with van der Waals surface area (Å²) in [5.74, 6) is -1.34. The van der Waals surface area contributed by atoms with E-state index < -0.39 is 11.8 Å². The van der Waals surface area contributed by atoms with Crippen molar-refractivity contribution in [3.8, 4) is 0 Å². The van der Waals surface area contributed by atoms with Crippen LogP contribution in [0.25, 0.3) is 0 Å². The number of carbonyl (C=O) groups is 2. The number of rotatable bonds is 7. The smallest absolute Gasteiger partial charge is 0.357 e. The molecule has 0 aliphatic heterocycles. The van der Waals surface area contributed by atoms with Crippen molar-refractivity contribution in [2.24, 2.45) is 0 Å². The molecule has 1 amide bonds. The van der Waals surface area contributed by atoms with Crippen LogP contribution >= 0.6 is 11.3 Å². The predicted molar refractivity (Wildman–Crippen MR) is 86.5 cm³/mol. The van der Waals surface area contributed by atoms with Gasteiger partial charge in [0.1, 0.15) is 10.8 Å². The molecule has 2 aromatic rings. The van der Waals surface area contributed by atoms with Gasteiger partial charge in [0.2, 0.25) is 0 Å². The van der Waals surface area contributed by atoms with Gasteiger partial charge in [0, 0.05) is 24.6 Å². The van der Waals surface area contributed by atoms with Gasteiger partial charge < -0.3 is 14.4 Å². The van der Waals surface area contributed by atoms with E-state index in [0.717, 1.165) is 0 Å². The average Bonchev–Trinajstić information content (AvgIpc) is 3.05. The molecule has 0 N–H and O–H groups in total. The molecule has 0 unspecified atom stereocenters. The van der Waals surface area contributed by atoms with Gasteiger partial charge in [0.05, 0.1) is 20.3 Å². The number of hydrogen-bond donors (Lipinski definition) is 0. The number of nitrogens with zero attached hydrogens (tertiary/aromatic N) is 2. The van der Waals surface area contributed by atoms with E-state index in [1.807, 2.05) is 0 Å². The average molecular weight is 352 g/mol. The van der Waals surface area contributed by atoms with Crippen LogP contribution in [-0.4, -0.2) is 49.1 Å². The summed E-state index contributed by atoms with van der Waals surface area (Å²) in [5.41, 5.74) is 0.443. The van der Waals surface area contributed by atoms with Crippen LogP contribution in [0.15, 0.2) is 29.6 Å². The fourth-order valence-electron chi connectivity index (χ4n) is 2.00. The van der Waals surface area contributed by atoms with Crippen LogP contribution < -0.4 is 0 Å². The Hall–Kier alpha value is -2.32. The maximum absolute atomic E-state index is 13.3. The first-order chi connectivity index (χ1) is 11.5. The summed E-state index contributed by atoms with van der Waals surface area (Å²) in [4.78, 5) is 29.7. The standard InChI is InChI=1S/C16H17FN2O4S/c1-22-7-6-19(15(20)11-4-3-5-12(17)8-11)9-14-18-13(10-24-14)16(21)23-2/h3-5,8,10H,6-7,9H2,1-2H3. The first-order valence-electron chi connectivity index (χ1n) is 7.11. The topological polar surface area (TPSA) is 68.7 Å². The third-order valence-corrected chi connectivity index (χ3v) is 4.03. The maximum atomic E-state index is 13.3. The highest BCUT2D eigenvalue weighted by Crippen LogP contribution is 2.16. The molecule has 0 radical (unpaired) electrons. The minimum Gasteiger partial charge on any atom is -0.464 e. The van der Waals surface area contributed by atoms with Crippen molar-refractivity contribution in [2.45, 2.75) is 6.54 Å². The minimum absolute atomic E-state index is 0.195. The van der Waals surface area contributed by atoms with Gasteiger partial charge >= 0.3 is 5.97 Å². The van der Waals surface area contributed by atoms with Crippen LogP contribution in [-0.2, 0) is 16.0 Å². The molecular weight excluding hydrogens is 335 g/mol. The molecule has 24 heavy (non-hydrogen) atoms. The largest absolute Gasteiger partial charge is 0.464 e. The molecule has 0 bridgehead atoms. The van der Waals surface area contributed by atoms with Crippen molar-refractivity contribution in [3.63, 3.8) is 0 Å². The monoisotopic (exact) mass is 352 g/mol. The van der Waals surface area contributed by atoms with E-state index in [2.05, 4.69) is 9.72 Å². The van der Waals surface area contributed by atoms with Crippen LogP contribution in [0.4, 0.5) is 4.39 Å². The molecular formula is C16H17FN2O4S. The zero-order valence-corrected chi connectivity index (χ0v) is 14.1. The van der Waals surface area contributed by atoms with Gasteiger partial charge in [-0.3, -0.25) is 4.79 Å². The molecule has 0 spiro atoms. The summed E-state index contributed by atoms with van der Waals surface area (Å²) >= 11 is 1.25. The van der Waals surface area contributed by atoms with E-state index in [1.54, 1.807) is 11.4 Å². The van der Waals surface area contributed by atoms with Gasteiger partial charge in [-0.2, -0.15) is 0 Å². The van der Waals surface area contributed by atoms with Gasteiger partial charge in [-0.15, -0.1) is 11.3 Å². The lowest BCUT2D eigenvalue weighted by molar-refractivity contribution is 0.0594. The highest BCUT2D eigenvalue weighted by Gasteiger charge is 2.19. The number of esters is 1. The number of ether oxygens (including phenoxy) is 2. The van der Waals surface area contributed by atoms with Gasteiger partial charge in [0.15, 0.2) is 5.69 Å². The molecule has 1 heterocycles. The first-order valence-corrected chi connectivity index (χ1v) is 7.99. The fraction of sp³-hybridized carbons (Fsp3) is 0.312. The first kappa shape index (κ1) is 18.0. The zero-order chi connectivity index (χ0) is 17.5. The predicted octanol–water partition coefficient (Wildman–Crippen LogP) is 2.36. The van der Waals surface area contributed by atoms with Crippen LogP contribution in [0, 0.1) is 5.82 Å². The van der Waals surface area contributed by atoms with Crippen molar-refractivity contribution in [2.75, 3.05) is 27.4 Å². The third-order valence-electron chi connectivity index (χ3n) is 3.20. The van der Waals surface area contributed by atoms with Crippen molar-refractivity contribution in [1.29, 1.82) is 0 Å². The van der Waals surface area contributed by atoms with Crippen molar-refractivity contribution in [3.05, 3.63) is 51.7 Å². The number of benzene rings is 1. The highest BCUT2D eigenvalue weighted by atomic mass is 32.1. The van der Waals surface area contributed by atoms with Crippen LogP contribution in [0.3, 0.4) is 0 Å². The Labute approximate surface area is 142 Å². The molecule has 1 aromatic carbocycles. The Morgan fingerprint density at radius 1 is 1.33 bits per heavy atom. The van der Waals surface area contributed by atoms with E-state index in [4.69, 9.17) is 4.74 Å².